The maximum absolute atomic E-state index is 13.1. The summed E-state index contributed by atoms with van der Waals surface area (Å²) in [4.78, 5) is 20.6. The SMILES string of the molecule is Cc1ccc(NC(=O)C(C)Sc2nc3ccc(Cl)cc3[nH]2)cc1S(=O)(=O)N1CCOCC1. The quantitative estimate of drug-likeness (QED) is 0.507. The summed E-state index contributed by atoms with van der Waals surface area (Å²) in [6, 6.07) is 10.3. The second-order valence-corrected chi connectivity index (χ2v) is 11.1. The van der Waals surface area contributed by atoms with Gasteiger partial charge in [-0.3, -0.25) is 4.79 Å². The van der Waals surface area contributed by atoms with Crippen molar-refractivity contribution in [2.45, 2.75) is 29.1 Å². The summed E-state index contributed by atoms with van der Waals surface area (Å²) in [5.41, 5.74) is 2.61. The van der Waals surface area contributed by atoms with Gasteiger partial charge in [-0.15, -0.1) is 0 Å². The molecule has 1 aliphatic heterocycles. The number of sulfonamides is 1. The standard InChI is InChI=1S/C21H23ClN4O4S2/c1-13-3-5-16(12-19(13)32(28,29)26-7-9-30-10-8-26)23-20(27)14(2)31-21-24-17-6-4-15(22)11-18(17)25-21/h3-6,11-12,14H,7-10H2,1-2H3,(H,23,27)(H,24,25). The fourth-order valence-electron chi connectivity index (χ4n) is 3.36. The normalized spacial score (nSPS) is 16.2. The molecule has 0 aliphatic carbocycles. The Morgan fingerprint density at radius 2 is 2.00 bits per heavy atom. The molecule has 1 fully saturated rings. The summed E-state index contributed by atoms with van der Waals surface area (Å²) in [7, 11) is -3.67. The van der Waals surface area contributed by atoms with Gasteiger partial charge >= 0.3 is 0 Å². The van der Waals surface area contributed by atoms with Gasteiger partial charge in [-0.1, -0.05) is 29.4 Å². The van der Waals surface area contributed by atoms with Crippen LogP contribution >= 0.6 is 23.4 Å². The zero-order valence-corrected chi connectivity index (χ0v) is 20.0. The number of ether oxygens (including phenoxy) is 1. The van der Waals surface area contributed by atoms with Crippen LogP contribution in [0.3, 0.4) is 0 Å². The number of benzene rings is 2. The second-order valence-electron chi connectivity index (χ2n) is 7.45. The molecule has 1 saturated heterocycles. The molecule has 170 valence electrons. The van der Waals surface area contributed by atoms with E-state index in [0.29, 0.717) is 47.7 Å². The number of fused-ring (bicyclic) bond motifs is 1. The molecular formula is C21H23ClN4O4S2. The van der Waals surface area contributed by atoms with Crippen LogP contribution < -0.4 is 5.32 Å². The number of imidazole rings is 1. The molecule has 8 nitrogen and oxygen atoms in total. The Hall–Kier alpha value is -2.11. The van der Waals surface area contributed by atoms with Crippen LogP contribution in [-0.2, 0) is 19.6 Å². The highest BCUT2D eigenvalue weighted by Gasteiger charge is 2.28. The molecule has 2 heterocycles. The summed E-state index contributed by atoms with van der Waals surface area (Å²) < 4.78 is 32.8. The van der Waals surface area contributed by atoms with E-state index in [-0.39, 0.29) is 10.8 Å². The Kier molecular flexibility index (Phi) is 6.78. The number of aryl methyl sites for hydroxylation is 1. The molecule has 0 radical (unpaired) electrons. The number of H-pyrrole nitrogens is 1. The molecule has 1 aromatic heterocycles. The Bertz CT molecular complexity index is 1260. The van der Waals surface area contributed by atoms with Gasteiger partial charge in [-0.05, 0) is 49.7 Å². The number of rotatable bonds is 6. The minimum atomic E-state index is -3.67. The van der Waals surface area contributed by atoms with Crippen LogP contribution in [0.25, 0.3) is 11.0 Å². The van der Waals surface area contributed by atoms with Crippen LogP contribution in [-0.4, -0.2) is 60.2 Å². The van der Waals surface area contributed by atoms with Gasteiger partial charge in [0.15, 0.2) is 5.16 Å². The molecule has 3 aromatic rings. The molecule has 2 aromatic carbocycles. The van der Waals surface area contributed by atoms with Gasteiger partial charge in [-0.25, -0.2) is 13.4 Å². The van der Waals surface area contributed by atoms with Crippen molar-refractivity contribution in [1.82, 2.24) is 14.3 Å². The lowest BCUT2D eigenvalue weighted by atomic mass is 10.2. The predicted octanol–water partition coefficient (Wildman–Crippen LogP) is 3.66. The van der Waals surface area contributed by atoms with Crippen LogP contribution in [0.15, 0.2) is 46.5 Å². The third-order valence-corrected chi connectivity index (χ3v) is 8.38. The number of nitrogens with zero attached hydrogens (tertiary/aromatic N) is 2. The van der Waals surface area contributed by atoms with Crippen molar-refractivity contribution in [1.29, 1.82) is 0 Å². The van der Waals surface area contributed by atoms with E-state index in [0.717, 1.165) is 11.0 Å². The number of carbonyl (C=O) groups excluding carboxylic acids is 1. The zero-order chi connectivity index (χ0) is 22.9. The lowest BCUT2D eigenvalue weighted by Gasteiger charge is -2.27. The average Bonchev–Trinajstić information content (AvgIpc) is 3.16. The van der Waals surface area contributed by atoms with Crippen LogP contribution in [0.5, 0.6) is 0 Å². The van der Waals surface area contributed by atoms with E-state index in [9.17, 15) is 13.2 Å². The molecule has 2 N–H and O–H groups in total. The number of carbonyl (C=O) groups is 1. The highest BCUT2D eigenvalue weighted by Crippen LogP contribution is 2.27. The minimum Gasteiger partial charge on any atom is -0.379 e. The molecule has 0 spiro atoms. The van der Waals surface area contributed by atoms with Crippen LogP contribution in [0.1, 0.15) is 12.5 Å². The van der Waals surface area contributed by atoms with E-state index < -0.39 is 15.3 Å². The van der Waals surface area contributed by atoms with E-state index in [2.05, 4.69) is 15.3 Å². The van der Waals surface area contributed by atoms with Crippen molar-refractivity contribution in [3.05, 3.63) is 47.0 Å². The number of aromatic amines is 1. The van der Waals surface area contributed by atoms with Crippen LogP contribution in [0.2, 0.25) is 5.02 Å². The molecule has 0 saturated carbocycles. The van der Waals surface area contributed by atoms with Gasteiger partial charge in [-0.2, -0.15) is 4.31 Å². The van der Waals surface area contributed by atoms with Gasteiger partial charge in [0, 0.05) is 23.8 Å². The highest BCUT2D eigenvalue weighted by atomic mass is 35.5. The molecule has 0 bridgehead atoms. The van der Waals surface area contributed by atoms with Crippen molar-refractivity contribution >= 4 is 56.0 Å². The molecule has 4 rings (SSSR count). The molecule has 1 aliphatic rings. The molecule has 11 heteroatoms. The van der Waals surface area contributed by atoms with Gasteiger partial charge in [0.25, 0.3) is 0 Å². The number of morpholine rings is 1. The Labute approximate surface area is 195 Å². The van der Waals surface area contributed by atoms with E-state index in [1.807, 2.05) is 6.07 Å². The Morgan fingerprint density at radius 1 is 1.25 bits per heavy atom. The molecule has 32 heavy (non-hydrogen) atoms. The second kappa shape index (κ2) is 9.40. The van der Waals surface area contributed by atoms with Crippen molar-refractivity contribution in [3.8, 4) is 0 Å². The lowest BCUT2D eigenvalue weighted by molar-refractivity contribution is -0.115. The van der Waals surface area contributed by atoms with Gasteiger partial charge in [0.05, 0.1) is 34.4 Å². The fraction of sp³-hybridized carbons (Fsp3) is 0.333. The Balaban J connectivity index is 1.48. The molecular weight excluding hydrogens is 472 g/mol. The number of thioether (sulfide) groups is 1. The Morgan fingerprint density at radius 3 is 2.75 bits per heavy atom. The third-order valence-electron chi connectivity index (χ3n) is 5.12. The number of hydrogen-bond donors (Lipinski definition) is 2. The van der Waals surface area contributed by atoms with E-state index in [1.54, 1.807) is 38.1 Å². The largest absolute Gasteiger partial charge is 0.379 e. The first-order valence-electron chi connectivity index (χ1n) is 10.1. The molecule has 1 atom stereocenters. The van der Waals surface area contributed by atoms with Gasteiger partial charge < -0.3 is 15.0 Å². The minimum absolute atomic E-state index is 0.187. The number of amides is 1. The maximum atomic E-state index is 13.1. The maximum Gasteiger partial charge on any atom is 0.243 e. The average molecular weight is 495 g/mol. The summed E-state index contributed by atoms with van der Waals surface area (Å²) in [6.45, 7) is 4.88. The predicted molar refractivity (Wildman–Crippen MR) is 126 cm³/mol. The van der Waals surface area contributed by atoms with Gasteiger partial charge in [0.1, 0.15) is 0 Å². The highest BCUT2D eigenvalue weighted by molar-refractivity contribution is 8.00. The topological polar surface area (TPSA) is 104 Å². The summed E-state index contributed by atoms with van der Waals surface area (Å²) in [5.74, 6) is -0.257. The smallest absolute Gasteiger partial charge is 0.243 e. The molecule has 1 amide bonds. The first-order valence-corrected chi connectivity index (χ1v) is 12.7. The van der Waals surface area contributed by atoms with Crippen molar-refractivity contribution < 1.29 is 17.9 Å². The number of aromatic nitrogens is 2. The zero-order valence-electron chi connectivity index (χ0n) is 17.6. The van der Waals surface area contributed by atoms with Crippen molar-refractivity contribution in [2.24, 2.45) is 0 Å². The third kappa shape index (κ3) is 4.94. The van der Waals surface area contributed by atoms with E-state index in [4.69, 9.17) is 16.3 Å². The fourth-order valence-corrected chi connectivity index (χ4v) is 6.01. The van der Waals surface area contributed by atoms with Gasteiger partial charge in [0.2, 0.25) is 15.9 Å². The van der Waals surface area contributed by atoms with E-state index >= 15 is 0 Å². The number of anilines is 1. The summed E-state index contributed by atoms with van der Waals surface area (Å²) >= 11 is 7.29. The van der Waals surface area contributed by atoms with Crippen LogP contribution in [0, 0.1) is 6.92 Å². The monoisotopic (exact) mass is 494 g/mol. The first-order chi connectivity index (χ1) is 15.2. The number of hydrogen-bond acceptors (Lipinski definition) is 6. The number of nitrogens with one attached hydrogen (secondary N) is 2. The van der Waals surface area contributed by atoms with E-state index in [1.165, 1.54) is 22.1 Å². The molecule has 1 unspecified atom stereocenters. The van der Waals surface area contributed by atoms with Crippen molar-refractivity contribution in [2.75, 3.05) is 31.6 Å². The number of halogens is 1. The lowest BCUT2D eigenvalue weighted by Crippen LogP contribution is -2.40. The summed E-state index contributed by atoms with van der Waals surface area (Å²) in [5, 5.41) is 3.55. The summed E-state index contributed by atoms with van der Waals surface area (Å²) in [6.07, 6.45) is 0. The van der Waals surface area contributed by atoms with Crippen LogP contribution in [0.4, 0.5) is 5.69 Å². The first kappa shape index (κ1) is 23.1. The van der Waals surface area contributed by atoms with Crippen molar-refractivity contribution in [3.63, 3.8) is 0 Å².